The maximum atomic E-state index is 11.7. The van der Waals surface area contributed by atoms with Gasteiger partial charge >= 0.3 is 0 Å². The van der Waals surface area contributed by atoms with Gasteiger partial charge in [0, 0.05) is 18.0 Å². The van der Waals surface area contributed by atoms with Crippen LogP contribution < -0.4 is 9.80 Å². The van der Waals surface area contributed by atoms with E-state index in [-0.39, 0.29) is 11.1 Å². The van der Waals surface area contributed by atoms with Gasteiger partial charge in [-0.1, -0.05) is 18.2 Å². The molecule has 1 aromatic heterocycles. The molecule has 1 N–H and O–H groups in total. The molecule has 0 spiro atoms. The van der Waals surface area contributed by atoms with E-state index in [1.165, 1.54) is 19.2 Å². The lowest BCUT2D eigenvalue weighted by Gasteiger charge is -2.22. The summed E-state index contributed by atoms with van der Waals surface area (Å²) in [5, 5.41) is 24.5. The van der Waals surface area contributed by atoms with E-state index in [9.17, 15) is 15.3 Å². The summed E-state index contributed by atoms with van der Waals surface area (Å²) in [6.07, 6.45) is 0.694. The van der Waals surface area contributed by atoms with Crippen molar-refractivity contribution in [3.8, 4) is 5.75 Å². The van der Waals surface area contributed by atoms with Gasteiger partial charge in [0.25, 0.3) is 5.69 Å². The second kappa shape index (κ2) is 7.73. The highest BCUT2D eigenvalue weighted by Gasteiger charge is 2.24. The Labute approximate surface area is 156 Å². The van der Waals surface area contributed by atoms with Crippen LogP contribution in [0.1, 0.15) is 6.42 Å². The average molecular weight is 370 g/mol. The molecule has 1 heterocycles. The molecule has 0 aliphatic rings. The van der Waals surface area contributed by atoms with Crippen LogP contribution in [0.15, 0.2) is 36.4 Å². The summed E-state index contributed by atoms with van der Waals surface area (Å²) in [6, 6.07) is 10.2. The molecule has 0 atom stereocenters. The summed E-state index contributed by atoms with van der Waals surface area (Å²) in [6.45, 7) is 1.11. The van der Waals surface area contributed by atoms with Crippen LogP contribution in [-0.4, -0.2) is 54.3 Å². The van der Waals surface area contributed by atoms with Gasteiger partial charge < -0.3 is 9.64 Å². The monoisotopic (exact) mass is 370 g/mol. The van der Waals surface area contributed by atoms with Gasteiger partial charge in [-0.05, 0) is 39.2 Å². The molecule has 8 nitrogen and oxygen atoms in total. The quantitative estimate of drug-likeness (QED) is 0.387. The molecule has 0 saturated carbocycles. The fraction of sp³-hybridized carbons (Fsp3) is 0.316. The van der Waals surface area contributed by atoms with Gasteiger partial charge in [-0.2, -0.15) is 0 Å². The number of nitro benzene ring substituents is 1. The normalized spacial score (nSPS) is 11.3. The Bertz CT molecular complexity index is 990. The number of hydrogen-bond donors (Lipinski definition) is 1. The van der Waals surface area contributed by atoms with Crippen molar-refractivity contribution in [2.45, 2.75) is 6.42 Å². The molecule has 0 aliphatic carbocycles. The third-order valence-corrected chi connectivity index (χ3v) is 4.40. The number of nitrogens with zero attached hydrogens (tertiary/aromatic N) is 4. The second-order valence-electron chi connectivity index (χ2n) is 6.53. The zero-order valence-electron chi connectivity index (χ0n) is 15.5. The number of anilines is 1. The molecule has 0 amide bonds. The minimum atomic E-state index is -0.463. The highest BCUT2D eigenvalue weighted by atomic mass is 16.6. The van der Waals surface area contributed by atoms with Crippen molar-refractivity contribution in [3.05, 3.63) is 46.5 Å². The van der Waals surface area contributed by atoms with Crippen molar-refractivity contribution in [2.24, 2.45) is 0 Å². The Hall–Kier alpha value is -2.97. The molecule has 0 aliphatic heterocycles. The van der Waals surface area contributed by atoms with Crippen LogP contribution in [0.2, 0.25) is 0 Å². The summed E-state index contributed by atoms with van der Waals surface area (Å²) in [4.78, 5) is 17.8. The van der Waals surface area contributed by atoms with E-state index in [2.05, 4.69) is 4.98 Å². The second-order valence-corrected chi connectivity index (χ2v) is 6.53. The van der Waals surface area contributed by atoms with E-state index < -0.39 is 4.92 Å². The van der Waals surface area contributed by atoms with E-state index in [4.69, 9.17) is 4.74 Å². The summed E-state index contributed by atoms with van der Waals surface area (Å²) in [5.74, 6) is 0.421. The number of benzene rings is 2. The van der Waals surface area contributed by atoms with Gasteiger partial charge in [0.1, 0.15) is 16.7 Å². The molecule has 0 radical (unpaired) electrons. The summed E-state index contributed by atoms with van der Waals surface area (Å²) in [7, 11) is 5.40. The lowest BCUT2D eigenvalue weighted by molar-refractivity contribution is -0.383. The smallest absolute Gasteiger partial charge is 0.281 e. The fourth-order valence-corrected chi connectivity index (χ4v) is 3.17. The lowest BCUT2D eigenvalue weighted by Crippen LogP contribution is -2.24. The van der Waals surface area contributed by atoms with E-state index >= 15 is 0 Å². The largest absolute Gasteiger partial charge is 0.494 e. The molecular formula is C19H22N4O4. The van der Waals surface area contributed by atoms with Crippen LogP contribution in [0.25, 0.3) is 21.8 Å². The number of ether oxygens (including phenoxy) is 1. The number of hydroxylamine groups is 1. The highest BCUT2D eigenvalue weighted by molar-refractivity contribution is 6.12. The third-order valence-electron chi connectivity index (χ3n) is 4.40. The predicted octanol–water partition coefficient (Wildman–Crippen LogP) is 3.45. The fourth-order valence-electron chi connectivity index (χ4n) is 3.17. The SMILES string of the molecule is COc1ccc([N+](=O)[O-])c2c(N(O)CCCN(C)C)c3ccccc3nc12. The van der Waals surface area contributed by atoms with Crippen LogP contribution in [0.3, 0.4) is 0 Å². The Morgan fingerprint density at radius 2 is 1.93 bits per heavy atom. The maximum absolute atomic E-state index is 11.7. The Morgan fingerprint density at radius 1 is 1.19 bits per heavy atom. The van der Waals surface area contributed by atoms with Crippen molar-refractivity contribution in [3.63, 3.8) is 0 Å². The molecule has 8 heteroatoms. The lowest BCUT2D eigenvalue weighted by atomic mass is 10.0. The average Bonchev–Trinajstić information content (AvgIpc) is 2.64. The van der Waals surface area contributed by atoms with Crippen molar-refractivity contribution in [1.29, 1.82) is 0 Å². The van der Waals surface area contributed by atoms with Gasteiger partial charge in [0.2, 0.25) is 0 Å². The number of para-hydroxylation sites is 1. The number of aromatic nitrogens is 1. The first-order chi connectivity index (χ1) is 12.9. The van der Waals surface area contributed by atoms with Crippen LogP contribution in [0, 0.1) is 10.1 Å². The maximum Gasteiger partial charge on any atom is 0.281 e. The number of hydrogen-bond acceptors (Lipinski definition) is 7. The summed E-state index contributed by atoms with van der Waals surface area (Å²) in [5.41, 5.74) is 1.24. The Morgan fingerprint density at radius 3 is 2.59 bits per heavy atom. The number of pyridine rings is 1. The van der Waals surface area contributed by atoms with Gasteiger partial charge in [-0.15, -0.1) is 0 Å². The van der Waals surface area contributed by atoms with Crippen LogP contribution in [-0.2, 0) is 0 Å². The molecule has 3 rings (SSSR count). The van der Waals surface area contributed by atoms with Crippen molar-refractivity contribution in [1.82, 2.24) is 9.88 Å². The number of nitro groups is 1. The molecule has 3 aromatic rings. The van der Waals surface area contributed by atoms with Crippen LogP contribution in [0.4, 0.5) is 11.4 Å². The van der Waals surface area contributed by atoms with Gasteiger partial charge in [-0.3, -0.25) is 20.4 Å². The number of methoxy groups -OCH3 is 1. The Kier molecular flexibility index (Phi) is 5.38. The van der Waals surface area contributed by atoms with E-state index in [1.807, 2.05) is 37.2 Å². The Balaban J connectivity index is 2.30. The van der Waals surface area contributed by atoms with Gasteiger partial charge in [-0.25, -0.2) is 4.98 Å². The molecule has 0 unspecified atom stereocenters. The van der Waals surface area contributed by atoms with E-state index in [0.717, 1.165) is 11.6 Å². The zero-order chi connectivity index (χ0) is 19.6. The molecular weight excluding hydrogens is 348 g/mol. The van der Waals surface area contributed by atoms with E-state index in [0.29, 0.717) is 40.8 Å². The molecule has 142 valence electrons. The van der Waals surface area contributed by atoms with Crippen molar-refractivity contribution >= 4 is 33.2 Å². The molecule has 0 saturated heterocycles. The highest BCUT2D eigenvalue weighted by Crippen LogP contribution is 2.41. The summed E-state index contributed by atoms with van der Waals surface area (Å²) < 4.78 is 5.37. The molecule has 0 fully saturated rings. The van der Waals surface area contributed by atoms with E-state index in [1.54, 1.807) is 6.07 Å². The van der Waals surface area contributed by atoms with Gasteiger partial charge in [0.05, 0.1) is 23.2 Å². The van der Waals surface area contributed by atoms with Crippen LogP contribution >= 0.6 is 0 Å². The number of non-ortho nitro benzene ring substituents is 1. The minimum absolute atomic E-state index is 0.120. The van der Waals surface area contributed by atoms with Gasteiger partial charge in [0.15, 0.2) is 0 Å². The number of fused-ring (bicyclic) bond motifs is 2. The first-order valence-electron chi connectivity index (χ1n) is 8.59. The topological polar surface area (TPSA) is 92.0 Å². The molecule has 0 bridgehead atoms. The minimum Gasteiger partial charge on any atom is -0.494 e. The molecule has 27 heavy (non-hydrogen) atoms. The first kappa shape index (κ1) is 18.8. The predicted molar refractivity (Wildman–Crippen MR) is 105 cm³/mol. The summed E-state index contributed by atoms with van der Waals surface area (Å²) >= 11 is 0. The standard InChI is InChI=1S/C19H22N4O4/c1-21(2)11-6-12-22(24)19-13-7-4-5-8-14(13)20-18-16(27-3)10-9-15(17(18)19)23(25)26/h4-5,7-10,24H,6,11-12H2,1-3H3. The number of rotatable bonds is 7. The third kappa shape index (κ3) is 3.62. The molecule has 2 aromatic carbocycles. The first-order valence-corrected chi connectivity index (χ1v) is 8.59. The zero-order valence-corrected chi connectivity index (χ0v) is 15.5. The van der Waals surface area contributed by atoms with Crippen LogP contribution in [0.5, 0.6) is 5.75 Å². The van der Waals surface area contributed by atoms with Crippen molar-refractivity contribution < 1.29 is 14.9 Å². The van der Waals surface area contributed by atoms with Crippen molar-refractivity contribution in [2.75, 3.05) is 39.4 Å².